The van der Waals surface area contributed by atoms with Crippen LogP contribution >= 0.6 is 0 Å². The van der Waals surface area contributed by atoms with E-state index < -0.39 is 5.60 Å². The van der Waals surface area contributed by atoms with E-state index in [-0.39, 0.29) is 0 Å². The Morgan fingerprint density at radius 3 is 2.14 bits per heavy atom. The van der Waals surface area contributed by atoms with E-state index in [0.717, 1.165) is 11.5 Å². The Labute approximate surface area is 85.8 Å². The Kier molecular flexibility index (Phi) is 2.60. The summed E-state index contributed by atoms with van der Waals surface area (Å²) in [5.74, 6) is 0.934. The van der Waals surface area contributed by atoms with Crippen LogP contribution in [0.2, 0.25) is 0 Å². The highest BCUT2D eigenvalue weighted by Gasteiger charge is 2.36. The van der Waals surface area contributed by atoms with Crippen LogP contribution in [0.15, 0.2) is 30.3 Å². The molecule has 1 heteroatoms. The van der Waals surface area contributed by atoms with Gasteiger partial charge in [-0.05, 0) is 38.2 Å². The Morgan fingerprint density at radius 1 is 1.00 bits per heavy atom. The maximum absolute atomic E-state index is 10.3. The van der Waals surface area contributed by atoms with Gasteiger partial charge in [-0.15, -0.1) is 0 Å². The lowest BCUT2D eigenvalue weighted by Crippen LogP contribution is -2.28. The molecule has 14 heavy (non-hydrogen) atoms. The molecule has 0 heterocycles. The van der Waals surface area contributed by atoms with Crippen LogP contribution in [-0.2, 0) is 5.60 Å². The van der Waals surface area contributed by atoms with Crippen molar-refractivity contribution in [3.05, 3.63) is 67.5 Å². The standard InChI is InChI=1S/C13H13O/c1-13(14,12-9-5-6-10-12)11-7-3-2-4-8-11/h2-10,14H,1H3. The van der Waals surface area contributed by atoms with Gasteiger partial charge >= 0.3 is 0 Å². The maximum atomic E-state index is 10.3. The molecule has 2 rings (SSSR count). The van der Waals surface area contributed by atoms with Crippen molar-refractivity contribution in [2.45, 2.75) is 12.5 Å². The minimum Gasteiger partial charge on any atom is -0.385 e. The smallest absolute Gasteiger partial charge is 0.0936 e. The van der Waals surface area contributed by atoms with Crippen molar-refractivity contribution in [2.24, 2.45) is 0 Å². The predicted octanol–water partition coefficient (Wildman–Crippen LogP) is 2.30. The molecule has 1 aromatic rings. The first kappa shape index (κ1) is 9.72. The van der Waals surface area contributed by atoms with E-state index in [1.54, 1.807) is 0 Å². The molecular formula is C13H13O. The van der Waals surface area contributed by atoms with Gasteiger partial charge in [0.1, 0.15) is 0 Å². The predicted molar refractivity (Wildman–Crippen MR) is 56.5 cm³/mol. The quantitative estimate of drug-likeness (QED) is 0.749. The fraction of sp³-hybridized carbons (Fsp3) is 0.154. The van der Waals surface area contributed by atoms with Crippen molar-refractivity contribution in [1.29, 1.82) is 0 Å². The van der Waals surface area contributed by atoms with Gasteiger partial charge in [-0.3, -0.25) is 0 Å². The summed E-state index contributed by atoms with van der Waals surface area (Å²) >= 11 is 0. The van der Waals surface area contributed by atoms with Gasteiger partial charge in [0.2, 0.25) is 0 Å². The van der Waals surface area contributed by atoms with Crippen LogP contribution < -0.4 is 0 Å². The third-order valence-electron chi connectivity index (χ3n) is 2.56. The normalized spacial score (nSPS) is 22.1. The zero-order chi connectivity index (χ0) is 10.0. The van der Waals surface area contributed by atoms with E-state index in [9.17, 15) is 5.11 Å². The van der Waals surface area contributed by atoms with E-state index in [0.29, 0.717) is 0 Å². The molecule has 71 valence electrons. The fourth-order valence-corrected chi connectivity index (χ4v) is 1.63. The van der Waals surface area contributed by atoms with Gasteiger partial charge in [-0.2, -0.15) is 0 Å². The van der Waals surface area contributed by atoms with Gasteiger partial charge < -0.3 is 5.11 Å². The molecular weight excluding hydrogens is 172 g/mol. The van der Waals surface area contributed by atoms with E-state index in [4.69, 9.17) is 0 Å². The molecule has 0 amide bonds. The van der Waals surface area contributed by atoms with Crippen molar-refractivity contribution in [3.63, 3.8) is 0 Å². The Hall–Kier alpha value is -0.820. The third kappa shape index (κ3) is 1.69. The summed E-state index contributed by atoms with van der Waals surface area (Å²) in [4.78, 5) is 0. The lowest BCUT2D eigenvalue weighted by molar-refractivity contribution is 0.0813. The highest BCUT2D eigenvalue weighted by molar-refractivity contribution is 5.44. The number of aliphatic hydroxyl groups is 1. The molecule has 0 spiro atoms. The lowest BCUT2D eigenvalue weighted by atomic mass is 9.82. The van der Waals surface area contributed by atoms with Crippen LogP contribution in [0.4, 0.5) is 0 Å². The summed E-state index contributed by atoms with van der Waals surface area (Å²) in [7, 11) is 0. The van der Waals surface area contributed by atoms with Gasteiger partial charge in [0, 0.05) is 5.92 Å². The molecule has 5 radical (unpaired) electrons. The minimum absolute atomic E-state index is 0.884. The van der Waals surface area contributed by atoms with Crippen LogP contribution in [0.5, 0.6) is 0 Å². The van der Waals surface area contributed by atoms with Crippen LogP contribution in [0.1, 0.15) is 12.5 Å². The van der Waals surface area contributed by atoms with Crippen molar-refractivity contribution in [2.75, 3.05) is 0 Å². The number of hydrogen-bond acceptors (Lipinski definition) is 1. The molecule has 1 aliphatic rings. The zero-order valence-electron chi connectivity index (χ0n) is 8.14. The van der Waals surface area contributed by atoms with Gasteiger partial charge in [0.05, 0.1) is 5.60 Å². The van der Waals surface area contributed by atoms with E-state index >= 15 is 0 Å². The summed E-state index contributed by atoms with van der Waals surface area (Å²) in [6, 6.07) is 9.70. The van der Waals surface area contributed by atoms with E-state index in [2.05, 4.69) is 0 Å². The second-order valence-corrected chi connectivity index (χ2v) is 3.61. The summed E-state index contributed by atoms with van der Waals surface area (Å²) in [6.45, 7) is 1.82. The molecule has 0 saturated heterocycles. The van der Waals surface area contributed by atoms with Gasteiger partial charge in [-0.1, -0.05) is 30.3 Å². The molecule has 1 atom stereocenters. The van der Waals surface area contributed by atoms with Crippen molar-refractivity contribution in [1.82, 2.24) is 0 Å². The molecule has 1 N–H and O–H groups in total. The second-order valence-electron chi connectivity index (χ2n) is 3.61. The van der Waals surface area contributed by atoms with Gasteiger partial charge in [0.15, 0.2) is 0 Å². The van der Waals surface area contributed by atoms with Crippen molar-refractivity contribution < 1.29 is 5.11 Å². The van der Waals surface area contributed by atoms with E-state index in [1.807, 2.05) is 62.9 Å². The van der Waals surface area contributed by atoms with Crippen LogP contribution in [0.25, 0.3) is 0 Å². The molecule has 1 fully saturated rings. The van der Waals surface area contributed by atoms with Crippen LogP contribution in [-0.4, -0.2) is 5.11 Å². The van der Waals surface area contributed by atoms with Crippen molar-refractivity contribution in [3.8, 4) is 0 Å². The maximum Gasteiger partial charge on any atom is 0.0936 e. The average molecular weight is 185 g/mol. The third-order valence-corrected chi connectivity index (χ3v) is 2.56. The number of hydrogen-bond donors (Lipinski definition) is 1. The molecule has 0 aliphatic heterocycles. The van der Waals surface area contributed by atoms with Gasteiger partial charge in [0.25, 0.3) is 0 Å². The molecule has 1 nitrogen and oxygen atoms in total. The molecule has 1 saturated carbocycles. The van der Waals surface area contributed by atoms with Crippen LogP contribution in [0, 0.1) is 31.6 Å². The summed E-state index contributed by atoms with van der Waals surface area (Å²) in [6.07, 6.45) is 7.75. The van der Waals surface area contributed by atoms with Gasteiger partial charge in [-0.25, -0.2) is 0 Å². The average Bonchev–Trinajstić information content (AvgIpc) is 2.72. The van der Waals surface area contributed by atoms with E-state index in [1.165, 1.54) is 0 Å². The topological polar surface area (TPSA) is 20.2 Å². The highest BCUT2D eigenvalue weighted by Crippen LogP contribution is 2.39. The molecule has 1 aliphatic carbocycles. The number of rotatable bonds is 2. The Bertz CT molecular complexity index is 283. The summed E-state index contributed by atoms with van der Waals surface area (Å²) in [5.41, 5.74) is 0.0382. The Morgan fingerprint density at radius 2 is 1.57 bits per heavy atom. The number of benzene rings is 1. The molecule has 0 bridgehead atoms. The highest BCUT2D eigenvalue weighted by atomic mass is 16.3. The lowest BCUT2D eigenvalue weighted by Gasteiger charge is -2.29. The Balaban J connectivity index is 2.22. The fourth-order valence-electron chi connectivity index (χ4n) is 1.63. The van der Waals surface area contributed by atoms with Crippen molar-refractivity contribution >= 4 is 0 Å². The largest absolute Gasteiger partial charge is 0.385 e. The SMILES string of the molecule is CC(O)([C]1[CH][CH][CH][CH]1)c1ccccc1. The summed E-state index contributed by atoms with van der Waals surface area (Å²) in [5, 5.41) is 10.3. The molecule has 0 aromatic heterocycles. The first-order chi connectivity index (χ1) is 6.71. The molecule has 1 unspecified atom stereocenters. The molecule has 1 aromatic carbocycles. The second kappa shape index (κ2) is 3.74. The summed E-state index contributed by atoms with van der Waals surface area (Å²) < 4.78 is 0. The minimum atomic E-state index is -0.884. The first-order valence-electron chi connectivity index (χ1n) is 4.71. The monoisotopic (exact) mass is 185 g/mol. The first-order valence-corrected chi connectivity index (χ1v) is 4.71. The van der Waals surface area contributed by atoms with Crippen LogP contribution in [0.3, 0.4) is 0 Å². The zero-order valence-corrected chi connectivity index (χ0v) is 8.14.